The molecule has 4 nitrogen and oxygen atoms in total. The van der Waals surface area contributed by atoms with Crippen LogP contribution in [0.5, 0.6) is 0 Å². The van der Waals surface area contributed by atoms with Crippen LogP contribution in [0.3, 0.4) is 0 Å². The number of aryl methyl sites for hydroxylation is 1. The molecular formula is C16H26N2O2. The Labute approximate surface area is 121 Å². The molecule has 1 aliphatic rings. The molecule has 1 aliphatic carbocycles. The molecule has 1 fully saturated rings. The first-order valence-corrected chi connectivity index (χ1v) is 7.70. The molecule has 1 aromatic heterocycles. The second-order valence-corrected chi connectivity index (χ2v) is 5.63. The molecule has 0 bridgehead atoms. The van der Waals surface area contributed by atoms with Crippen molar-refractivity contribution in [1.29, 1.82) is 0 Å². The highest BCUT2D eigenvalue weighted by Gasteiger charge is 2.32. The number of ether oxygens (including phenoxy) is 1. The van der Waals surface area contributed by atoms with E-state index in [0.717, 1.165) is 25.4 Å². The van der Waals surface area contributed by atoms with Gasteiger partial charge in [0.1, 0.15) is 0 Å². The summed E-state index contributed by atoms with van der Waals surface area (Å²) in [6, 6.07) is 2.72. The van der Waals surface area contributed by atoms with Gasteiger partial charge in [-0.15, -0.1) is 0 Å². The van der Waals surface area contributed by atoms with Gasteiger partial charge in [-0.05, 0) is 49.8 Å². The van der Waals surface area contributed by atoms with E-state index in [1.165, 1.54) is 31.9 Å². The van der Waals surface area contributed by atoms with Gasteiger partial charge in [-0.3, -0.25) is 4.79 Å². The molecule has 0 amide bonds. The zero-order chi connectivity index (χ0) is 14.4. The summed E-state index contributed by atoms with van der Waals surface area (Å²) >= 11 is 0. The Morgan fingerprint density at radius 2 is 2.35 bits per heavy atom. The minimum absolute atomic E-state index is 0.127. The summed E-state index contributed by atoms with van der Waals surface area (Å²) < 4.78 is 6.84. The monoisotopic (exact) mass is 278 g/mol. The second kappa shape index (κ2) is 7.48. The van der Waals surface area contributed by atoms with E-state index in [4.69, 9.17) is 0 Å². The van der Waals surface area contributed by atoms with Gasteiger partial charge in [-0.2, -0.15) is 0 Å². The predicted octanol–water partition coefficient (Wildman–Crippen LogP) is 2.89. The van der Waals surface area contributed by atoms with Crippen molar-refractivity contribution in [2.45, 2.75) is 51.6 Å². The SMILES string of the molecule is CCCNC(c1ccn(CCCC(=O)OC)c1)C1CC1. The molecule has 0 saturated heterocycles. The van der Waals surface area contributed by atoms with Gasteiger partial charge in [0.2, 0.25) is 0 Å². The van der Waals surface area contributed by atoms with Gasteiger partial charge in [0.05, 0.1) is 7.11 Å². The van der Waals surface area contributed by atoms with Crippen molar-refractivity contribution in [1.82, 2.24) is 9.88 Å². The molecular weight excluding hydrogens is 252 g/mol. The fourth-order valence-electron chi connectivity index (χ4n) is 2.58. The van der Waals surface area contributed by atoms with E-state index < -0.39 is 0 Å². The fraction of sp³-hybridized carbons (Fsp3) is 0.688. The van der Waals surface area contributed by atoms with Crippen molar-refractivity contribution in [3.63, 3.8) is 0 Å². The highest BCUT2D eigenvalue weighted by Crippen LogP contribution is 2.41. The average Bonchev–Trinajstić information content (AvgIpc) is 3.19. The number of aromatic nitrogens is 1. The molecule has 2 rings (SSSR count). The van der Waals surface area contributed by atoms with Gasteiger partial charge >= 0.3 is 5.97 Å². The van der Waals surface area contributed by atoms with Crippen LogP contribution in [-0.4, -0.2) is 24.2 Å². The number of hydrogen-bond acceptors (Lipinski definition) is 3. The lowest BCUT2D eigenvalue weighted by Gasteiger charge is -2.16. The third-order valence-electron chi connectivity index (χ3n) is 3.87. The number of rotatable bonds is 9. The second-order valence-electron chi connectivity index (χ2n) is 5.63. The number of nitrogens with zero attached hydrogens (tertiary/aromatic N) is 1. The minimum Gasteiger partial charge on any atom is -0.469 e. The maximum atomic E-state index is 11.1. The Bertz CT molecular complexity index is 424. The number of carbonyl (C=O) groups is 1. The molecule has 1 aromatic rings. The Balaban J connectivity index is 1.84. The Kier molecular flexibility index (Phi) is 5.65. The Hall–Kier alpha value is -1.29. The first kappa shape index (κ1) is 15.1. The Morgan fingerprint density at radius 3 is 3.00 bits per heavy atom. The van der Waals surface area contributed by atoms with Crippen LogP contribution < -0.4 is 5.32 Å². The van der Waals surface area contributed by atoms with E-state index in [1.54, 1.807) is 0 Å². The van der Waals surface area contributed by atoms with Crippen LogP contribution >= 0.6 is 0 Å². The molecule has 0 aromatic carbocycles. The molecule has 1 heterocycles. The van der Waals surface area contributed by atoms with Crippen LogP contribution in [0.1, 0.15) is 50.6 Å². The van der Waals surface area contributed by atoms with Crippen LogP contribution in [0, 0.1) is 5.92 Å². The van der Waals surface area contributed by atoms with Crippen molar-refractivity contribution < 1.29 is 9.53 Å². The van der Waals surface area contributed by atoms with Crippen LogP contribution in [-0.2, 0) is 16.1 Å². The molecule has 1 atom stereocenters. The normalized spacial score (nSPS) is 16.1. The van der Waals surface area contributed by atoms with Crippen molar-refractivity contribution in [3.05, 3.63) is 24.0 Å². The summed E-state index contributed by atoms with van der Waals surface area (Å²) in [5, 5.41) is 3.66. The van der Waals surface area contributed by atoms with Crippen LogP contribution in [0.2, 0.25) is 0 Å². The summed E-state index contributed by atoms with van der Waals surface area (Å²) in [6.45, 7) is 4.16. The first-order valence-electron chi connectivity index (χ1n) is 7.70. The predicted molar refractivity (Wildman–Crippen MR) is 79.4 cm³/mol. The smallest absolute Gasteiger partial charge is 0.305 e. The summed E-state index contributed by atoms with van der Waals surface area (Å²) in [5.74, 6) is 0.685. The van der Waals surface area contributed by atoms with Crippen LogP contribution in [0.25, 0.3) is 0 Å². The maximum absolute atomic E-state index is 11.1. The maximum Gasteiger partial charge on any atom is 0.305 e. The highest BCUT2D eigenvalue weighted by atomic mass is 16.5. The van der Waals surface area contributed by atoms with Gasteiger partial charge in [-0.1, -0.05) is 6.92 Å². The lowest BCUT2D eigenvalue weighted by molar-refractivity contribution is -0.140. The van der Waals surface area contributed by atoms with E-state index in [1.807, 2.05) is 0 Å². The van der Waals surface area contributed by atoms with E-state index in [-0.39, 0.29) is 5.97 Å². The zero-order valence-corrected chi connectivity index (χ0v) is 12.6. The van der Waals surface area contributed by atoms with Crippen molar-refractivity contribution in [2.24, 2.45) is 5.92 Å². The first-order chi connectivity index (χ1) is 9.74. The molecule has 4 heteroatoms. The lowest BCUT2D eigenvalue weighted by atomic mass is 10.1. The van der Waals surface area contributed by atoms with Crippen molar-refractivity contribution in [2.75, 3.05) is 13.7 Å². The summed E-state index contributed by atoms with van der Waals surface area (Å²) in [5.41, 5.74) is 1.39. The van der Waals surface area contributed by atoms with Gasteiger partial charge in [0.15, 0.2) is 0 Å². The van der Waals surface area contributed by atoms with Crippen LogP contribution in [0.4, 0.5) is 0 Å². The Morgan fingerprint density at radius 1 is 1.55 bits per heavy atom. The molecule has 0 aliphatic heterocycles. The summed E-state index contributed by atoms with van der Waals surface area (Å²) in [6.07, 6.45) is 9.52. The van der Waals surface area contributed by atoms with Gasteiger partial charge < -0.3 is 14.6 Å². The standard InChI is InChI=1S/C16H26N2O2/c1-3-9-17-16(13-6-7-13)14-8-11-18(12-14)10-4-5-15(19)20-2/h8,11-13,16-17H,3-7,9-10H2,1-2H3. The van der Waals surface area contributed by atoms with E-state index in [0.29, 0.717) is 12.5 Å². The molecule has 112 valence electrons. The van der Waals surface area contributed by atoms with E-state index in [9.17, 15) is 4.79 Å². The number of carbonyl (C=O) groups excluding carboxylic acids is 1. The number of methoxy groups -OCH3 is 1. The quantitative estimate of drug-likeness (QED) is 0.706. The third-order valence-corrected chi connectivity index (χ3v) is 3.87. The topological polar surface area (TPSA) is 43.3 Å². The largest absolute Gasteiger partial charge is 0.469 e. The molecule has 1 N–H and O–H groups in total. The lowest BCUT2D eigenvalue weighted by Crippen LogP contribution is -2.23. The minimum atomic E-state index is -0.127. The molecule has 1 unspecified atom stereocenters. The highest BCUT2D eigenvalue weighted by molar-refractivity contribution is 5.68. The molecule has 0 radical (unpaired) electrons. The van der Waals surface area contributed by atoms with Gasteiger partial charge in [0.25, 0.3) is 0 Å². The number of esters is 1. The number of nitrogens with one attached hydrogen (secondary N) is 1. The van der Waals surface area contributed by atoms with Crippen molar-refractivity contribution in [3.8, 4) is 0 Å². The van der Waals surface area contributed by atoms with Crippen LogP contribution in [0.15, 0.2) is 18.5 Å². The molecule has 20 heavy (non-hydrogen) atoms. The zero-order valence-electron chi connectivity index (χ0n) is 12.6. The van der Waals surface area contributed by atoms with E-state index in [2.05, 4.69) is 40.0 Å². The van der Waals surface area contributed by atoms with E-state index >= 15 is 0 Å². The summed E-state index contributed by atoms with van der Waals surface area (Å²) in [7, 11) is 1.44. The van der Waals surface area contributed by atoms with Gasteiger partial charge in [0, 0.05) is 31.4 Å². The number of hydrogen-bond donors (Lipinski definition) is 1. The molecule has 0 spiro atoms. The average molecular weight is 278 g/mol. The van der Waals surface area contributed by atoms with Crippen molar-refractivity contribution >= 4 is 5.97 Å². The van der Waals surface area contributed by atoms with Gasteiger partial charge in [-0.25, -0.2) is 0 Å². The molecule has 1 saturated carbocycles. The fourth-order valence-corrected chi connectivity index (χ4v) is 2.58. The third kappa shape index (κ3) is 4.37. The summed E-state index contributed by atoms with van der Waals surface area (Å²) in [4.78, 5) is 11.1.